The van der Waals surface area contributed by atoms with Crippen molar-refractivity contribution in [1.82, 2.24) is 5.32 Å². The number of carbonyl (C=O) groups is 1. The van der Waals surface area contributed by atoms with Crippen molar-refractivity contribution >= 4 is 18.3 Å². The highest BCUT2D eigenvalue weighted by Gasteiger charge is 2.19. The van der Waals surface area contributed by atoms with Gasteiger partial charge in [-0.15, -0.1) is 12.4 Å². The molecule has 0 fully saturated rings. The van der Waals surface area contributed by atoms with Gasteiger partial charge in [-0.3, -0.25) is 4.79 Å². The highest BCUT2D eigenvalue weighted by molar-refractivity contribution is 5.92. The topological polar surface area (TPSA) is 55.1 Å². The summed E-state index contributed by atoms with van der Waals surface area (Å²) >= 11 is 0. The Hall–Kier alpha value is -0.710. The van der Waals surface area contributed by atoms with Gasteiger partial charge in [0.15, 0.2) is 0 Å². The predicted octanol–water partition coefficient (Wildman–Crippen LogP) is -0.930. The zero-order valence-electron chi connectivity index (χ0n) is 13.9. The van der Waals surface area contributed by atoms with Crippen LogP contribution in [0.1, 0.15) is 26.7 Å². The highest BCUT2D eigenvalue weighted by Crippen LogP contribution is 2.15. The molecule has 126 valence electrons. The van der Waals surface area contributed by atoms with E-state index >= 15 is 0 Å². The number of carbonyl (C=O) groups excluding carboxylic acids is 1. The van der Waals surface area contributed by atoms with E-state index in [4.69, 9.17) is 5.73 Å². The maximum atomic E-state index is 11.6. The molecule has 0 aliphatic carbocycles. The average molecular weight is 340 g/mol. The smallest absolute Gasteiger partial charge is 0.246 e. The molecule has 0 saturated heterocycles. The summed E-state index contributed by atoms with van der Waals surface area (Å²) in [6.45, 7) is 9.20. The van der Waals surface area contributed by atoms with Crippen molar-refractivity contribution in [3.63, 3.8) is 0 Å². The summed E-state index contributed by atoms with van der Waals surface area (Å²) < 4.78 is 0.866. The second kappa shape index (κ2) is 11.9. The van der Waals surface area contributed by atoms with Crippen LogP contribution < -0.4 is 23.5 Å². The molecule has 0 aromatic heterocycles. The van der Waals surface area contributed by atoms with Crippen LogP contribution >= 0.6 is 12.4 Å². The van der Waals surface area contributed by atoms with E-state index in [0.29, 0.717) is 12.5 Å². The molecule has 0 aromatic carbocycles. The molecule has 0 aliphatic heterocycles. The van der Waals surface area contributed by atoms with E-state index in [9.17, 15) is 4.79 Å². The van der Waals surface area contributed by atoms with Crippen LogP contribution in [0.2, 0.25) is 0 Å². The van der Waals surface area contributed by atoms with E-state index in [1.807, 2.05) is 19.9 Å². The first-order chi connectivity index (χ1) is 8.67. The third kappa shape index (κ3) is 12.7. The van der Waals surface area contributed by atoms with Gasteiger partial charge in [-0.1, -0.05) is 12.7 Å². The van der Waals surface area contributed by atoms with Crippen LogP contribution in [0, 0.1) is 5.92 Å². The van der Waals surface area contributed by atoms with E-state index in [1.165, 1.54) is 0 Å². The highest BCUT2D eigenvalue weighted by atomic mass is 35.5. The lowest BCUT2D eigenvalue weighted by Gasteiger charge is -2.29. The van der Waals surface area contributed by atoms with Gasteiger partial charge in [0.05, 0.1) is 27.7 Å². The number of halogens is 2. The molecule has 0 aliphatic rings. The molecule has 0 aromatic rings. The minimum atomic E-state index is 0. The van der Waals surface area contributed by atoms with Crippen LogP contribution in [0.5, 0.6) is 0 Å². The molecule has 0 heterocycles. The van der Waals surface area contributed by atoms with Crippen molar-refractivity contribution in [3.05, 3.63) is 23.9 Å². The van der Waals surface area contributed by atoms with Crippen LogP contribution in [-0.4, -0.2) is 44.6 Å². The number of rotatable bonds is 8. The van der Waals surface area contributed by atoms with Crippen molar-refractivity contribution in [2.45, 2.75) is 26.7 Å². The van der Waals surface area contributed by atoms with E-state index in [1.54, 1.807) is 0 Å². The molecule has 21 heavy (non-hydrogen) atoms. The molecular weight excluding hydrogens is 309 g/mol. The van der Waals surface area contributed by atoms with Crippen molar-refractivity contribution in [3.8, 4) is 0 Å². The van der Waals surface area contributed by atoms with E-state index in [0.717, 1.165) is 35.1 Å². The van der Waals surface area contributed by atoms with Crippen molar-refractivity contribution in [2.75, 3.05) is 34.2 Å². The monoisotopic (exact) mass is 339 g/mol. The Labute approximate surface area is 142 Å². The lowest BCUT2D eigenvalue weighted by molar-refractivity contribution is -0.873. The number of quaternary nitrogens is 1. The van der Waals surface area contributed by atoms with Crippen molar-refractivity contribution < 1.29 is 21.7 Å². The van der Waals surface area contributed by atoms with Gasteiger partial charge in [-0.25, -0.2) is 0 Å². The molecular formula is C15H31Cl2N3O. The largest absolute Gasteiger partial charge is 1.00 e. The molecule has 1 unspecified atom stereocenters. The molecule has 0 bridgehead atoms. The molecule has 1 amide bonds. The number of hydrogen-bond donors (Lipinski definition) is 2. The van der Waals surface area contributed by atoms with Gasteiger partial charge in [0, 0.05) is 23.7 Å². The Morgan fingerprint density at radius 1 is 1.38 bits per heavy atom. The molecule has 0 rings (SSSR count). The zero-order valence-corrected chi connectivity index (χ0v) is 15.5. The summed E-state index contributed by atoms with van der Waals surface area (Å²) in [7, 11) is 6.44. The Kier molecular flexibility index (Phi) is 14.3. The minimum Gasteiger partial charge on any atom is -1.00 e. The van der Waals surface area contributed by atoms with Crippen molar-refractivity contribution in [1.29, 1.82) is 0 Å². The van der Waals surface area contributed by atoms with E-state index < -0.39 is 0 Å². The number of nitrogens with two attached hydrogens (primary N) is 1. The fraction of sp³-hybridized carbons (Fsp3) is 0.667. The standard InChI is InChI=1S/C15H29N3O.2ClH/c1-7-12(2)15(19)17-10-8-9-14(13(3)16)11-18(4,5)6;;/h7,14H,3,8-11,16H2,1-2,4-6H3;2*1H. The Bertz CT molecular complexity index is 349. The number of hydrogen-bond acceptors (Lipinski definition) is 2. The molecule has 1 atom stereocenters. The second-order valence-electron chi connectivity index (χ2n) is 6.11. The quantitative estimate of drug-likeness (QED) is 0.341. The predicted molar refractivity (Wildman–Crippen MR) is 88.6 cm³/mol. The van der Waals surface area contributed by atoms with E-state index in [-0.39, 0.29) is 30.7 Å². The maximum Gasteiger partial charge on any atom is 0.246 e. The molecule has 6 heteroatoms. The Balaban J connectivity index is -0.00000162. The van der Waals surface area contributed by atoms with Crippen LogP contribution in [0.25, 0.3) is 0 Å². The fourth-order valence-corrected chi connectivity index (χ4v) is 1.88. The summed E-state index contributed by atoms with van der Waals surface area (Å²) in [5, 5.41) is 2.91. The first-order valence-corrected chi connectivity index (χ1v) is 6.83. The summed E-state index contributed by atoms with van der Waals surface area (Å²) in [5.41, 5.74) is 7.35. The first-order valence-electron chi connectivity index (χ1n) is 6.83. The third-order valence-electron chi connectivity index (χ3n) is 3.10. The van der Waals surface area contributed by atoms with Crippen molar-refractivity contribution in [2.24, 2.45) is 11.7 Å². The van der Waals surface area contributed by atoms with Gasteiger partial charge in [-0.2, -0.15) is 0 Å². The molecule has 4 nitrogen and oxygen atoms in total. The van der Waals surface area contributed by atoms with Gasteiger partial charge in [-0.05, 0) is 26.7 Å². The van der Waals surface area contributed by atoms with Gasteiger partial charge in [0.1, 0.15) is 0 Å². The molecule has 3 N–H and O–H groups in total. The second-order valence-corrected chi connectivity index (χ2v) is 6.11. The summed E-state index contributed by atoms with van der Waals surface area (Å²) in [6.07, 6.45) is 3.70. The normalized spacial score (nSPS) is 12.7. The van der Waals surface area contributed by atoms with Crippen LogP contribution in [0.4, 0.5) is 0 Å². The number of nitrogens with zero attached hydrogens (tertiary/aromatic N) is 1. The summed E-state index contributed by atoms with van der Waals surface area (Å²) in [4.78, 5) is 11.6. The van der Waals surface area contributed by atoms with Crippen LogP contribution in [0.3, 0.4) is 0 Å². The van der Waals surface area contributed by atoms with Gasteiger partial charge in [0.25, 0.3) is 0 Å². The summed E-state index contributed by atoms with van der Waals surface area (Å²) in [6, 6.07) is 0. The average Bonchev–Trinajstić information content (AvgIpc) is 2.29. The molecule has 0 saturated carbocycles. The third-order valence-corrected chi connectivity index (χ3v) is 3.10. The van der Waals surface area contributed by atoms with Crippen LogP contribution in [-0.2, 0) is 4.79 Å². The first kappa shape index (κ1) is 25.3. The number of nitrogens with one attached hydrogen (secondary N) is 1. The van der Waals surface area contributed by atoms with E-state index in [2.05, 4.69) is 33.0 Å². The number of allylic oxidation sites excluding steroid dienone is 1. The summed E-state index contributed by atoms with van der Waals surface area (Å²) in [5.74, 6) is 0.317. The lowest BCUT2D eigenvalue weighted by atomic mass is 9.99. The SMILES string of the molecule is C=C(N)C(CCCNC(=O)C(C)=CC)C[N+](C)(C)C.Cl.[Cl-]. The van der Waals surface area contributed by atoms with Crippen LogP contribution in [0.15, 0.2) is 23.9 Å². The van der Waals surface area contributed by atoms with Gasteiger partial charge in [0.2, 0.25) is 5.91 Å². The molecule has 0 spiro atoms. The van der Waals surface area contributed by atoms with Gasteiger partial charge >= 0.3 is 0 Å². The fourth-order valence-electron chi connectivity index (χ4n) is 1.88. The maximum absolute atomic E-state index is 11.6. The Morgan fingerprint density at radius 2 is 1.90 bits per heavy atom. The molecule has 0 radical (unpaired) electrons. The Morgan fingerprint density at radius 3 is 2.29 bits per heavy atom. The minimum absolute atomic E-state index is 0. The number of amides is 1. The van der Waals surface area contributed by atoms with Gasteiger partial charge < -0.3 is 27.9 Å². The zero-order chi connectivity index (χ0) is 15.1. The lowest BCUT2D eigenvalue weighted by Crippen LogP contribution is -3.00.